The molecule has 1 amide bonds. The van der Waals surface area contributed by atoms with Gasteiger partial charge in [0.15, 0.2) is 0 Å². The molecule has 3 rings (SSSR count). The van der Waals surface area contributed by atoms with E-state index in [2.05, 4.69) is 36.1 Å². The first-order chi connectivity index (χ1) is 10.2. The summed E-state index contributed by atoms with van der Waals surface area (Å²) < 4.78 is 0. The summed E-state index contributed by atoms with van der Waals surface area (Å²) >= 11 is 0. The van der Waals surface area contributed by atoms with Crippen molar-refractivity contribution in [3.63, 3.8) is 0 Å². The predicted molar refractivity (Wildman–Crippen MR) is 86.1 cm³/mol. The highest BCUT2D eigenvalue weighted by Gasteiger charge is 2.31. The Morgan fingerprint density at radius 3 is 2.48 bits per heavy atom. The molecule has 1 atom stereocenters. The molecule has 1 heterocycles. The standard InChI is InChI=1S/C19H27NO/c1-15-9-11-17(12-10-15)18-8-5-13-20(18)19(21)14-16-6-3-2-4-7-16/h9-12,16,18H,2-8,13-14H2,1H3. The fraction of sp³-hybridized carbons (Fsp3) is 0.632. The first-order valence-corrected chi connectivity index (χ1v) is 8.60. The van der Waals surface area contributed by atoms with Crippen molar-refractivity contribution in [3.8, 4) is 0 Å². The number of hydrogen-bond acceptors (Lipinski definition) is 1. The number of carbonyl (C=O) groups excluding carboxylic acids is 1. The lowest BCUT2D eigenvalue weighted by Crippen LogP contribution is -2.32. The molecule has 2 nitrogen and oxygen atoms in total. The second-order valence-electron chi connectivity index (χ2n) is 6.86. The van der Waals surface area contributed by atoms with Crippen molar-refractivity contribution in [3.05, 3.63) is 35.4 Å². The number of nitrogens with zero attached hydrogens (tertiary/aromatic N) is 1. The summed E-state index contributed by atoms with van der Waals surface area (Å²) in [7, 11) is 0. The van der Waals surface area contributed by atoms with Gasteiger partial charge in [-0.15, -0.1) is 0 Å². The first kappa shape index (κ1) is 14.6. The second kappa shape index (κ2) is 6.64. The Balaban J connectivity index is 1.65. The van der Waals surface area contributed by atoms with Crippen molar-refractivity contribution >= 4 is 5.91 Å². The predicted octanol–water partition coefficient (Wildman–Crippen LogP) is 4.63. The summed E-state index contributed by atoms with van der Waals surface area (Å²) in [5.41, 5.74) is 2.60. The minimum atomic E-state index is 0.321. The van der Waals surface area contributed by atoms with E-state index >= 15 is 0 Å². The van der Waals surface area contributed by atoms with Crippen molar-refractivity contribution in [2.45, 2.75) is 64.3 Å². The van der Waals surface area contributed by atoms with Gasteiger partial charge in [0.2, 0.25) is 5.91 Å². The summed E-state index contributed by atoms with van der Waals surface area (Å²) in [4.78, 5) is 14.8. The van der Waals surface area contributed by atoms with E-state index in [0.29, 0.717) is 17.9 Å². The highest BCUT2D eigenvalue weighted by Crippen LogP contribution is 2.34. The molecule has 1 saturated carbocycles. The highest BCUT2D eigenvalue weighted by atomic mass is 16.2. The van der Waals surface area contributed by atoms with Gasteiger partial charge in [0.25, 0.3) is 0 Å². The zero-order valence-corrected chi connectivity index (χ0v) is 13.2. The Hall–Kier alpha value is -1.31. The number of rotatable bonds is 3. The lowest BCUT2D eigenvalue weighted by Gasteiger charge is -2.28. The molecule has 1 unspecified atom stereocenters. The third kappa shape index (κ3) is 3.48. The highest BCUT2D eigenvalue weighted by molar-refractivity contribution is 5.77. The minimum Gasteiger partial charge on any atom is -0.336 e. The third-order valence-electron chi connectivity index (χ3n) is 5.22. The molecule has 1 saturated heterocycles. The molecule has 0 N–H and O–H groups in total. The molecule has 21 heavy (non-hydrogen) atoms. The molecule has 0 spiro atoms. The van der Waals surface area contributed by atoms with E-state index in [-0.39, 0.29) is 0 Å². The Morgan fingerprint density at radius 2 is 1.76 bits per heavy atom. The van der Waals surface area contributed by atoms with Crippen LogP contribution >= 0.6 is 0 Å². The first-order valence-electron chi connectivity index (χ1n) is 8.60. The van der Waals surface area contributed by atoms with E-state index in [1.165, 1.54) is 43.2 Å². The van der Waals surface area contributed by atoms with Gasteiger partial charge in [-0.3, -0.25) is 4.79 Å². The van der Waals surface area contributed by atoms with Crippen molar-refractivity contribution in [1.29, 1.82) is 0 Å². The van der Waals surface area contributed by atoms with Crippen molar-refractivity contribution in [1.82, 2.24) is 4.90 Å². The summed E-state index contributed by atoms with van der Waals surface area (Å²) in [5.74, 6) is 1.04. The molecule has 0 aromatic heterocycles. The number of benzene rings is 1. The molecule has 1 aliphatic carbocycles. The number of aryl methyl sites for hydroxylation is 1. The van der Waals surface area contributed by atoms with E-state index < -0.39 is 0 Å². The molecule has 0 radical (unpaired) electrons. The minimum absolute atomic E-state index is 0.321. The van der Waals surface area contributed by atoms with Gasteiger partial charge < -0.3 is 4.90 Å². The van der Waals surface area contributed by atoms with Gasteiger partial charge in [-0.2, -0.15) is 0 Å². The average molecular weight is 285 g/mol. The van der Waals surface area contributed by atoms with E-state index in [0.717, 1.165) is 25.8 Å². The maximum atomic E-state index is 12.7. The Labute approximate surface area is 128 Å². The molecule has 2 fully saturated rings. The quantitative estimate of drug-likeness (QED) is 0.793. The number of carbonyl (C=O) groups is 1. The van der Waals surface area contributed by atoms with E-state index in [9.17, 15) is 4.79 Å². The van der Waals surface area contributed by atoms with Gasteiger partial charge in [0.1, 0.15) is 0 Å². The average Bonchev–Trinajstić information content (AvgIpc) is 2.98. The van der Waals surface area contributed by atoms with Crippen LogP contribution in [0.25, 0.3) is 0 Å². The molecule has 114 valence electrons. The van der Waals surface area contributed by atoms with Crippen LogP contribution in [0.5, 0.6) is 0 Å². The van der Waals surface area contributed by atoms with Gasteiger partial charge in [-0.25, -0.2) is 0 Å². The van der Waals surface area contributed by atoms with Gasteiger partial charge in [-0.1, -0.05) is 49.1 Å². The molecular weight excluding hydrogens is 258 g/mol. The van der Waals surface area contributed by atoms with Crippen LogP contribution < -0.4 is 0 Å². The fourth-order valence-electron chi connectivity index (χ4n) is 3.96. The maximum Gasteiger partial charge on any atom is 0.223 e. The van der Waals surface area contributed by atoms with Gasteiger partial charge in [-0.05, 0) is 44.1 Å². The van der Waals surface area contributed by atoms with Crippen LogP contribution in [0.15, 0.2) is 24.3 Å². The smallest absolute Gasteiger partial charge is 0.223 e. The Kier molecular flexibility index (Phi) is 4.62. The molecule has 1 aromatic rings. The van der Waals surface area contributed by atoms with E-state index in [1.807, 2.05) is 0 Å². The van der Waals surface area contributed by atoms with Crippen LogP contribution in [0.1, 0.15) is 68.5 Å². The molecular formula is C19H27NO. The zero-order chi connectivity index (χ0) is 14.7. The lowest BCUT2D eigenvalue weighted by atomic mass is 9.86. The summed E-state index contributed by atoms with van der Waals surface area (Å²) in [6.07, 6.45) is 9.57. The summed E-state index contributed by atoms with van der Waals surface area (Å²) in [5, 5.41) is 0. The van der Waals surface area contributed by atoms with Crippen LogP contribution in [0.2, 0.25) is 0 Å². The van der Waals surface area contributed by atoms with Crippen LogP contribution in [0.4, 0.5) is 0 Å². The Morgan fingerprint density at radius 1 is 1.05 bits per heavy atom. The third-order valence-corrected chi connectivity index (χ3v) is 5.22. The van der Waals surface area contributed by atoms with Crippen molar-refractivity contribution < 1.29 is 4.79 Å². The normalized spacial score (nSPS) is 23.5. The van der Waals surface area contributed by atoms with Gasteiger partial charge >= 0.3 is 0 Å². The topological polar surface area (TPSA) is 20.3 Å². The second-order valence-corrected chi connectivity index (χ2v) is 6.86. The van der Waals surface area contributed by atoms with Crippen LogP contribution in [-0.2, 0) is 4.79 Å². The summed E-state index contributed by atoms with van der Waals surface area (Å²) in [6.45, 7) is 3.06. The van der Waals surface area contributed by atoms with Crippen LogP contribution in [-0.4, -0.2) is 17.4 Å². The Bertz CT molecular complexity index is 473. The fourth-order valence-corrected chi connectivity index (χ4v) is 3.96. The SMILES string of the molecule is Cc1ccc(C2CCCN2C(=O)CC2CCCCC2)cc1. The van der Waals surface area contributed by atoms with Crippen LogP contribution in [0.3, 0.4) is 0 Å². The van der Waals surface area contributed by atoms with Crippen molar-refractivity contribution in [2.75, 3.05) is 6.54 Å². The zero-order valence-electron chi connectivity index (χ0n) is 13.2. The molecule has 1 aromatic carbocycles. The van der Waals surface area contributed by atoms with E-state index in [4.69, 9.17) is 0 Å². The molecule has 2 aliphatic rings. The van der Waals surface area contributed by atoms with Crippen LogP contribution in [0, 0.1) is 12.8 Å². The number of likely N-dealkylation sites (tertiary alicyclic amines) is 1. The van der Waals surface area contributed by atoms with E-state index in [1.54, 1.807) is 0 Å². The molecule has 1 aliphatic heterocycles. The number of amides is 1. The number of hydrogen-bond donors (Lipinski definition) is 0. The maximum absolute atomic E-state index is 12.7. The molecule has 2 heteroatoms. The lowest BCUT2D eigenvalue weighted by molar-refractivity contribution is -0.133. The monoisotopic (exact) mass is 285 g/mol. The van der Waals surface area contributed by atoms with Gasteiger partial charge in [0, 0.05) is 13.0 Å². The largest absolute Gasteiger partial charge is 0.336 e. The molecule has 0 bridgehead atoms. The van der Waals surface area contributed by atoms with Gasteiger partial charge in [0.05, 0.1) is 6.04 Å². The summed E-state index contributed by atoms with van der Waals surface area (Å²) in [6, 6.07) is 9.05. The van der Waals surface area contributed by atoms with Crippen molar-refractivity contribution in [2.24, 2.45) is 5.92 Å².